The van der Waals surface area contributed by atoms with E-state index in [1.807, 2.05) is 0 Å². The van der Waals surface area contributed by atoms with Crippen molar-refractivity contribution >= 4 is 24.6 Å². The number of hydrogen-bond donors (Lipinski definition) is 0. The van der Waals surface area contributed by atoms with Crippen molar-refractivity contribution < 1.29 is 4.74 Å². The monoisotopic (exact) mass is 464 g/mol. The molecule has 0 radical (unpaired) electrons. The molecule has 4 heteroatoms. The van der Waals surface area contributed by atoms with Gasteiger partial charge in [-0.3, -0.25) is 4.67 Å². The second kappa shape index (κ2) is 10.8. The van der Waals surface area contributed by atoms with Crippen molar-refractivity contribution in [3.63, 3.8) is 0 Å². The Morgan fingerprint density at radius 3 is 1.88 bits per heavy atom. The van der Waals surface area contributed by atoms with E-state index < -0.39 is 8.07 Å². The largest absolute Gasteiger partial charge is 0.475 e. The quantitative estimate of drug-likeness (QED) is 0.303. The Kier molecular flexibility index (Phi) is 7.14. The lowest BCUT2D eigenvalue weighted by molar-refractivity contribution is 0.323. The van der Waals surface area contributed by atoms with Crippen molar-refractivity contribution in [2.75, 3.05) is 6.61 Å². The Labute approximate surface area is 203 Å². The van der Waals surface area contributed by atoms with E-state index in [2.05, 4.69) is 127 Å². The lowest BCUT2D eigenvalue weighted by Crippen LogP contribution is -2.29. The summed E-state index contributed by atoms with van der Waals surface area (Å²) >= 11 is 0. The molecule has 34 heavy (non-hydrogen) atoms. The number of ether oxygens (including phenoxy) is 1. The van der Waals surface area contributed by atoms with E-state index >= 15 is 0 Å². The average molecular weight is 465 g/mol. The van der Waals surface area contributed by atoms with Gasteiger partial charge >= 0.3 is 0 Å². The molecule has 1 aliphatic rings. The van der Waals surface area contributed by atoms with E-state index in [1.165, 1.54) is 21.7 Å². The Hall–Kier alpha value is -3.26. The summed E-state index contributed by atoms with van der Waals surface area (Å²) in [6.07, 6.45) is 0. The summed E-state index contributed by atoms with van der Waals surface area (Å²) in [5.41, 5.74) is 3.65. The highest BCUT2D eigenvalue weighted by atomic mass is 31.1. The SMILES string of the molecule is C[C@H]1COC(c2ccccc2CN(Cc2ccccc2)P(c2ccccc2)c2ccccc2)=N1. The molecule has 0 spiro atoms. The van der Waals surface area contributed by atoms with E-state index in [-0.39, 0.29) is 6.04 Å². The van der Waals surface area contributed by atoms with Crippen LogP contribution in [0.4, 0.5) is 0 Å². The fraction of sp³-hybridized carbons (Fsp3) is 0.167. The number of nitrogens with zero attached hydrogens (tertiary/aromatic N) is 2. The number of benzene rings is 4. The first kappa shape index (κ1) is 22.5. The minimum Gasteiger partial charge on any atom is -0.475 e. The van der Waals surface area contributed by atoms with Crippen molar-refractivity contribution in [2.45, 2.75) is 26.1 Å². The third-order valence-electron chi connectivity index (χ3n) is 5.89. The van der Waals surface area contributed by atoms with Crippen LogP contribution in [0.2, 0.25) is 0 Å². The third-order valence-corrected chi connectivity index (χ3v) is 8.31. The average Bonchev–Trinajstić information content (AvgIpc) is 3.32. The molecule has 0 fully saturated rings. The van der Waals surface area contributed by atoms with Crippen molar-refractivity contribution in [3.8, 4) is 0 Å². The molecule has 0 aromatic heterocycles. The van der Waals surface area contributed by atoms with Crippen LogP contribution in [0.25, 0.3) is 0 Å². The van der Waals surface area contributed by atoms with Gasteiger partial charge < -0.3 is 4.74 Å². The lowest BCUT2D eigenvalue weighted by Gasteiger charge is -2.33. The molecule has 0 N–H and O–H groups in total. The summed E-state index contributed by atoms with van der Waals surface area (Å²) in [4.78, 5) is 4.75. The zero-order chi connectivity index (χ0) is 23.2. The summed E-state index contributed by atoms with van der Waals surface area (Å²) in [7, 11) is -0.742. The Morgan fingerprint density at radius 1 is 0.735 bits per heavy atom. The van der Waals surface area contributed by atoms with E-state index in [1.54, 1.807) is 0 Å². The smallest absolute Gasteiger partial charge is 0.216 e. The summed E-state index contributed by atoms with van der Waals surface area (Å²) in [6.45, 7) is 4.41. The minimum atomic E-state index is -0.742. The Bertz CT molecular complexity index is 1190. The van der Waals surface area contributed by atoms with E-state index in [9.17, 15) is 0 Å². The molecule has 1 aliphatic heterocycles. The van der Waals surface area contributed by atoms with Crippen LogP contribution in [-0.2, 0) is 17.8 Å². The topological polar surface area (TPSA) is 24.8 Å². The van der Waals surface area contributed by atoms with Crippen LogP contribution in [0.3, 0.4) is 0 Å². The molecule has 4 aromatic rings. The molecular formula is C30H29N2OP. The molecule has 0 saturated heterocycles. The van der Waals surface area contributed by atoms with Crippen molar-refractivity contribution in [1.82, 2.24) is 4.67 Å². The molecule has 0 saturated carbocycles. The van der Waals surface area contributed by atoms with Gasteiger partial charge in [0.1, 0.15) is 6.61 Å². The Balaban J connectivity index is 1.58. The first-order valence-corrected chi connectivity index (χ1v) is 13.1. The highest BCUT2D eigenvalue weighted by Crippen LogP contribution is 2.41. The number of rotatable bonds is 8. The first-order valence-electron chi connectivity index (χ1n) is 11.8. The van der Waals surface area contributed by atoms with Crippen LogP contribution in [0.1, 0.15) is 23.6 Å². The lowest BCUT2D eigenvalue weighted by atomic mass is 10.1. The maximum atomic E-state index is 5.96. The standard InChI is InChI=1S/C30H29N2OP/c1-24-23-33-30(31-24)29-20-12-11-15-26(29)22-32(21-25-13-5-2-6-14-25)34(27-16-7-3-8-17-27)28-18-9-4-10-19-28/h2-20,24H,21-23H2,1H3/t24-/m0/s1. The summed E-state index contributed by atoms with van der Waals surface area (Å²) in [6, 6.07) is 41.3. The van der Waals surface area contributed by atoms with Gasteiger partial charge in [-0.05, 0) is 34.7 Å². The summed E-state index contributed by atoms with van der Waals surface area (Å²) < 4.78 is 8.58. The van der Waals surface area contributed by atoms with Gasteiger partial charge in [0.05, 0.1) is 6.04 Å². The molecular weight excluding hydrogens is 435 g/mol. The van der Waals surface area contributed by atoms with E-state index in [4.69, 9.17) is 9.73 Å². The van der Waals surface area contributed by atoms with E-state index in [0.717, 1.165) is 24.6 Å². The molecule has 5 rings (SSSR count). The predicted octanol–water partition coefficient (Wildman–Crippen LogP) is 5.90. The highest BCUT2D eigenvalue weighted by molar-refractivity contribution is 7.70. The zero-order valence-corrected chi connectivity index (χ0v) is 20.3. The van der Waals surface area contributed by atoms with Gasteiger partial charge in [-0.1, -0.05) is 109 Å². The second-order valence-corrected chi connectivity index (χ2v) is 10.8. The van der Waals surface area contributed by atoms with Crippen LogP contribution in [-0.4, -0.2) is 23.2 Å². The van der Waals surface area contributed by atoms with Crippen molar-refractivity contribution in [1.29, 1.82) is 0 Å². The van der Waals surface area contributed by atoms with Crippen LogP contribution in [0, 0.1) is 0 Å². The molecule has 170 valence electrons. The van der Waals surface area contributed by atoms with Gasteiger partial charge in [-0.25, -0.2) is 4.99 Å². The third kappa shape index (κ3) is 5.28. The number of aliphatic imine (C=N–C) groups is 1. The second-order valence-electron chi connectivity index (χ2n) is 8.54. The van der Waals surface area contributed by atoms with Crippen LogP contribution in [0.15, 0.2) is 120 Å². The molecule has 0 unspecified atom stereocenters. The molecule has 3 nitrogen and oxygen atoms in total. The maximum absolute atomic E-state index is 5.96. The summed E-state index contributed by atoms with van der Waals surface area (Å²) in [5.74, 6) is 0.770. The molecule has 4 aromatic carbocycles. The number of hydrogen-bond acceptors (Lipinski definition) is 3. The van der Waals surface area contributed by atoms with Crippen molar-refractivity contribution in [2.24, 2.45) is 4.99 Å². The van der Waals surface area contributed by atoms with Gasteiger partial charge in [-0.15, -0.1) is 0 Å². The zero-order valence-electron chi connectivity index (χ0n) is 19.4. The van der Waals surface area contributed by atoms with Gasteiger partial charge in [-0.2, -0.15) is 0 Å². The molecule has 1 heterocycles. The fourth-order valence-corrected chi connectivity index (χ4v) is 6.75. The highest BCUT2D eigenvalue weighted by Gasteiger charge is 2.25. The molecule has 0 amide bonds. The van der Waals surface area contributed by atoms with Crippen LogP contribution in [0.5, 0.6) is 0 Å². The minimum absolute atomic E-state index is 0.203. The van der Waals surface area contributed by atoms with Gasteiger partial charge in [0.2, 0.25) is 5.90 Å². The van der Waals surface area contributed by atoms with E-state index in [0.29, 0.717) is 6.61 Å². The first-order chi connectivity index (χ1) is 16.8. The predicted molar refractivity (Wildman–Crippen MR) is 143 cm³/mol. The molecule has 0 bridgehead atoms. The normalized spacial score (nSPS) is 15.4. The molecule has 0 aliphatic carbocycles. The fourth-order valence-electron chi connectivity index (χ4n) is 4.29. The summed E-state index contributed by atoms with van der Waals surface area (Å²) in [5, 5.41) is 2.69. The van der Waals surface area contributed by atoms with Gasteiger partial charge in [0, 0.05) is 26.7 Å². The van der Waals surface area contributed by atoms with Gasteiger partial charge in [0.25, 0.3) is 0 Å². The van der Waals surface area contributed by atoms with Crippen LogP contribution < -0.4 is 10.6 Å². The van der Waals surface area contributed by atoms with Gasteiger partial charge in [0.15, 0.2) is 0 Å². The Morgan fingerprint density at radius 2 is 1.29 bits per heavy atom. The van der Waals surface area contributed by atoms with Crippen LogP contribution >= 0.6 is 8.07 Å². The maximum Gasteiger partial charge on any atom is 0.216 e. The molecule has 1 atom stereocenters. The van der Waals surface area contributed by atoms with Crippen molar-refractivity contribution in [3.05, 3.63) is 132 Å².